The Morgan fingerprint density at radius 3 is 2.77 bits per heavy atom. The molecule has 2 aromatic rings. The third-order valence-electron chi connectivity index (χ3n) is 3.71. The Balaban J connectivity index is 1.66. The van der Waals surface area contributed by atoms with Crippen molar-refractivity contribution in [2.75, 3.05) is 18.1 Å². The molecule has 0 saturated carbocycles. The minimum Gasteiger partial charge on any atom is -0.491 e. The maximum atomic E-state index is 10.8. The Morgan fingerprint density at radius 1 is 1.27 bits per heavy atom. The smallest absolute Gasteiger partial charge is 0.356 e. The van der Waals surface area contributed by atoms with Crippen LogP contribution in [0.3, 0.4) is 0 Å². The van der Waals surface area contributed by atoms with Crippen LogP contribution in [0.25, 0.3) is 0 Å². The fourth-order valence-electron chi connectivity index (χ4n) is 2.60. The lowest BCUT2D eigenvalue weighted by Gasteiger charge is -2.25. The maximum absolute atomic E-state index is 10.8. The number of ether oxygens (including phenoxy) is 1. The second kappa shape index (κ2) is 6.43. The molecule has 1 aromatic carbocycles. The van der Waals surface area contributed by atoms with Crippen LogP contribution in [0, 0.1) is 0 Å². The number of nitrogens with zero attached hydrogens (tertiary/aromatic N) is 3. The summed E-state index contributed by atoms with van der Waals surface area (Å²) in [7, 11) is 0. The highest BCUT2D eigenvalue weighted by atomic mass is 16.5. The molecule has 0 amide bonds. The highest BCUT2D eigenvalue weighted by Crippen LogP contribution is 2.24. The van der Waals surface area contributed by atoms with Crippen LogP contribution in [0.2, 0.25) is 0 Å². The molecule has 0 spiro atoms. The first-order valence-electron chi connectivity index (χ1n) is 7.24. The van der Waals surface area contributed by atoms with Gasteiger partial charge in [-0.15, -0.1) is 0 Å². The second-order valence-corrected chi connectivity index (χ2v) is 5.18. The molecule has 6 heteroatoms. The van der Waals surface area contributed by atoms with Crippen molar-refractivity contribution in [1.29, 1.82) is 0 Å². The predicted octanol–water partition coefficient (Wildman–Crippen LogP) is 2.22. The van der Waals surface area contributed by atoms with Gasteiger partial charge in [0, 0.05) is 6.54 Å². The van der Waals surface area contributed by atoms with Crippen molar-refractivity contribution in [1.82, 2.24) is 9.97 Å². The average molecular weight is 299 g/mol. The Morgan fingerprint density at radius 2 is 2.09 bits per heavy atom. The molecule has 6 nitrogen and oxygen atoms in total. The number of carboxylic acid groups (broad SMARTS) is 1. The van der Waals surface area contributed by atoms with Gasteiger partial charge in [-0.25, -0.2) is 14.8 Å². The van der Waals surface area contributed by atoms with E-state index in [0.29, 0.717) is 12.4 Å². The van der Waals surface area contributed by atoms with Crippen molar-refractivity contribution in [2.45, 2.75) is 18.9 Å². The second-order valence-electron chi connectivity index (χ2n) is 5.18. The lowest BCUT2D eigenvalue weighted by molar-refractivity contribution is 0.0690. The van der Waals surface area contributed by atoms with Gasteiger partial charge >= 0.3 is 5.97 Å². The van der Waals surface area contributed by atoms with E-state index in [0.717, 1.165) is 25.1 Å². The van der Waals surface area contributed by atoms with Gasteiger partial charge in [0.05, 0.1) is 18.4 Å². The van der Waals surface area contributed by atoms with Gasteiger partial charge in [-0.2, -0.15) is 0 Å². The first-order valence-corrected chi connectivity index (χ1v) is 7.24. The van der Waals surface area contributed by atoms with Gasteiger partial charge in [-0.05, 0) is 25.0 Å². The molecule has 1 aliphatic rings. The molecule has 3 rings (SSSR count). The fourth-order valence-corrected chi connectivity index (χ4v) is 2.60. The molecule has 0 radical (unpaired) electrons. The number of anilines is 1. The lowest BCUT2D eigenvalue weighted by atomic mass is 10.2. The zero-order chi connectivity index (χ0) is 15.4. The topological polar surface area (TPSA) is 75.5 Å². The summed E-state index contributed by atoms with van der Waals surface area (Å²) in [5, 5.41) is 8.87. The van der Waals surface area contributed by atoms with Crippen molar-refractivity contribution >= 4 is 11.8 Å². The van der Waals surface area contributed by atoms with Crippen LogP contribution in [0.1, 0.15) is 23.3 Å². The number of aromatic carboxylic acids is 1. The summed E-state index contributed by atoms with van der Waals surface area (Å²) in [5.74, 6) is 0.482. The van der Waals surface area contributed by atoms with Gasteiger partial charge in [-0.3, -0.25) is 0 Å². The molecule has 0 bridgehead atoms. The molecular formula is C16H17N3O3. The van der Waals surface area contributed by atoms with Gasteiger partial charge in [0.2, 0.25) is 0 Å². The van der Waals surface area contributed by atoms with Gasteiger partial charge in [0.1, 0.15) is 18.2 Å². The van der Waals surface area contributed by atoms with E-state index in [1.165, 1.54) is 12.4 Å². The zero-order valence-corrected chi connectivity index (χ0v) is 12.1. The van der Waals surface area contributed by atoms with Crippen molar-refractivity contribution in [3.63, 3.8) is 0 Å². The van der Waals surface area contributed by atoms with Gasteiger partial charge < -0.3 is 14.7 Å². The van der Waals surface area contributed by atoms with E-state index < -0.39 is 5.97 Å². The summed E-state index contributed by atoms with van der Waals surface area (Å²) >= 11 is 0. The highest BCUT2D eigenvalue weighted by Gasteiger charge is 2.26. The number of hydrogen-bond donors (Lipinski definition) is 1. The average Bonchev–Trinajstić information content (AvgIpc) is 3.02. The van der Waals surface area contributed by atoms with Gasteiger partial charge in [0.15, 0.2) is 5.69 Å². The number of para-hydroxylation sites is 1. The van der Waals surface area contributed by atoms with E-state index in [9.17, 15) is 4.79 Å². The van der Waals surface area contributed by atoms with E-state index in [1.54, 1.807) is 0 Å². The first-order chi connectivity index (χ1) is 10.7. The number of carbonyl (C=O) groups is 1. The van der Waals surface area contributed by atoms with Crippen LogP contribution in [-0.4, -0.2) is 40.2 Å². The van der Waals surface area contributed by atoms with E-state index in [-0.39, 0.29) is 11.7 Å². The van der Waals surface area contributed by atoms with Crippen LogP contribution in [0.5, 0.6) is 5.75 Å². The van der Waals surface area contributed by atoms with E-state index in [4.69, 9.17) is 9.84 Å². The SMILES string of the molecule is O=C(O)c1cnc(N2CCC[C@H]2COc2ccccc2)cn1. The molecule has 0 unspecified atom stereocenters. The Bertz CT molecular complexity index is 631. The minimum absolute atomic E-state index is 0.0416. The molecule has 1 aromatic heterocycles. The molecule has 2 heterocycles. The van der Waals surface area contributed by atoms with Crippen molar-refractivity contribution in [2.24, 2.45) is 0 Å². The number of rotatable bonds is 5. The Hall–Kier alpha value is -2.63. The lowest BCUT2D eigenvalue weighted by Crippen LogP contribution is -2.34. The number of aromatic nitrogens is 2. The number of benzene rings is 1. The number of hydrogen-bond acceptors (Lipinski definition) is 5. The predicted molar refractivity (Wildman–Crippen MR) is 81.3 cm³/mol. The molecule has 114 valence electrons. The summed E-state index contributed by atoms with van der Waals surface area (Å²) < 4.78 is 5.82. The Kier molecular flexibility index (Phi) is 4.18. The van der Waals surface area contributed by atoms with E-state index >= 15 is 0 Å². The molecule has 1 saturated heterocycles. The third kappa shape index (κ3) is 3.16. The summed E-state index contributed by atoms with van der Waals surface area (Å²) in [6, 6.07) is 9.93. The fraction of sp³-hybridized carbons (Fsp3) is 0.312. The van der Waals surface area contributed by atoms with Crippen LogP contribution in [0.15, 0.2) is 42.7 Å². The largest absolute Gasteiger partial charge is 0.491 e. The quantitative estimate of drug-likeness (QED) is 0.912. The van der Waals surface area contributed by atoms with Crippen LogP contribution >= 0.6 is 0 Å². The molecule has 22 heavy (non-hydrogen) atoms. The van der Waals surface area contributed by atoms with Gasteiger partial charge in [-0.1, -0.05) is 18.2 Å². The van der Waals surface area contributed by atoms with Crippen LogP contribution in [0.4, 0.5) is 5.82 Å². The summed E-state index contributed by atoms with van der Waals surface area (Å²) in [4.78, 5) is 21.1. The van der Waals surface area contributed by atoms with Crippen molar-refractivity contribution in [3.8, 4) is 5.75 Å². The molecule has 1 fully saturated rings. The normalized spacial score (nSPS) is 17.5. The molecule has 1 atom stereocenters. The Labute approximate surface area is 128 Å². The van der Waals surface area contributed by atoms with Crippen molar-refractivity contribution < 1.29 is 14.6 Å². The highest BCUT2D eigenvalue weighted by molar-refractivity contribution is 5.84. The number of carboxylic acids is 1. The molecule has 0 aliphatic carbocycles. The molecular weight excluding hydrogens is 282 g/mol. The van der Waals surface area contributed by atoms with Gasteiger partial charge in [0.25, 0.3) is 0 Å². The molecule has 1 aliphatic heterocycles. The monoisotopic (exact) mass is 299 g/mol. The third-order valence-corrected chi connectivity index (χ3v) is 3.71. The first kappa shape index (κ1) is 14.3. The zero-order valence-electron chi connectivity index (χ0n) is 12.1. The van der Waals surface area contributed by atoms with Crippen LogP contribution in [-0.2, 0) is 0 Å². The maximum Gasteiger partial charge on any atom is 0.356 e. The van der Waals surface area contributed by atoms with Crippen molar-refractivity contribution in [3.05, 3.63) is 48.4 Å². The minimum atomic E-state index is -1.07. The standard InChI is InChI=1S/C16H17N3O3/c20-16(21)14-9-18-15(10-17-14)19-8-4-5-12(19)11-22-13-6-2-1-3-7-13/h1-3,6-7,9-10,12H,4-5,8,11H2,(H,20,21)/t12-/m0/s1. The van der Waals surface area contributed by atoms with E-state index in [2.05, 4.69) is 14.9 Å². The summed E-state index contributed by atoms with van der Waals surface area (Å²) in [6.07, 6.45) is 4.90. The molecule has 1 N–H and O–H groups in total. The van der Waals surface area contributed by atoms with E-state index in [1.807, 2.05) is 30.3 Å². The van der Waals surface area contributed by atoms with Crippen LogP contribution < -0.4 is 9.64 Å². The summed E-state index contributed by atoms with van der Waals surface area (Å²) in [5.41, 5.74) is -0.0416. The summed E-state index contributed by atoms with van der Waals surface area (Å²) in [6.45, 7) is 1.45.